The Morgan fingerprint density at radius 2 is 1.81 bits per heavy atom. The third-order valence-corrected chi connectivity index (χ3v) is 4.01. The highest BCUT2D eigenvalue weighted by molar-refractivity contribution is 5.53. The van der Waals surface area contributed by atoms with Crippen molar-refractivity contribution >= 4 is 0 Å². The number of halogens is 2. The van der Waals surface area contributed by atoms with Crippen LogP contribution in [-0.2, 0) is 13.1 Å². The van der Waals surface area contributed by atoms with Gasteiger partial charge in [-0.1, -0.05) is 12.1 Å². The summed E-state index contributed by atoms with van der Waals surface area (Å²) >= 11 is 0. The molecule has 3 aromatic rings. The van der Waals surface area contributed by atoms with Crippen molar-refractivity contribution in [1.82, 2.24) is 9.88 Å². The molecule has 2 aromatic carbocycles. The van der Waals surface area contributed by atoms with Gasteiger partial charge in [0.1, 0.15) is 23.1 Å². The Morgan fingerprint density at radius 3 is 2.50 bits per heavy atom. The second-order valence-corrected chi connectivity index (χ2v) is 6.20. The second-order valence-electron chi connectivity index (χ2n) is 6.20. The van der Waals surface area contributed by atoms with Crippen molar-refractivity contribution in [2.24, 2.45) is 0 Å². The molecule has 0 unspecified atom stereocenters. The van der Waals surface area contributed by atoms with Crippen molar-refractivity contribution in [2.75, 3.05) is 14.2 Å². The number of nitrogens with zero attached hydrogens (tertiary/aromatic N) is 2. The molecule has 1 aromatic heterocycles. The lowest BCUT2D eigenvalue weighted by molar-refractivity contribution is 0.312. The number of rotatable bonds is 6. The highest BCUT2D eigenvalue weighted by Gasteiger charge is 2.15. The molecule has 0 aliphatic carbocycles. The first-order valence-corrected chi connectivity index (χ1v) is 8.19. The van der Waals surface area contributed by atoms with E-state index in [1.54, 1.807) is 14.0 Å². The molecule has 26 heavy (non-hydrogen) atoms. The van der Waals surface area contributed by atoms with Crippen LogP contribution in [0.1, 0.15) is 17.0 Å². The summed E-state index contributed by atoms with van der Waals surface area (Å²) in [6, 6.07) is 11.1. The standard InChI is InChI=1S/C20H20F2N2O2/c1-13-19(12-24(2)11-14-5-4-6-18(7-14)25-3)23-20(26-13)15-8-16(21)10-17(22)9-15/h4-10H,11-12H2,1-3H3. The Hall–Kier alpha value is -2.73. The monoisotopic (exact) mass is 358 g/mol. The number of hydrogen-bond acceptors (Lipinski definition) is 4. The molecule has 0 saturated carbocycles. The van der Waals surface area contributed by atoms with Crippen LogP contribution in [0.25, 0.3) is 11.5 Å². The van der Waals surface area contributed by atoms with Gasteiger partial charge in [0.2, 0.25) is 5.89 Å². The van der Waals surface area contributed by atoms with E-state index in [1.807, 2.05) is 31.3 Å². The van der Waals surface area contributed by atoms with Crippen molar-refractivity contribution in [1.29, 1.82) is 0 Å². The van der Waals surface area contributed by atoms with Gasteiger partial charge in [0, 0.05) is 24.7 Å². The molecule has 4 nitrogen and oxygen atoms in total. The van der Waals surface area contributed by atoms with Crippen LogP contribution in [0, 0.1) is 18.6 Å². The molecule has 3 rings (SSSR count). The van der Waals surface area contributed by atoms with Crippen LogP contribution < -0.4 is 4.74 Å². The molecule has 1 heterocycles. The van der Waals surface area contributed by atoms with Gasteiger partial charge in [0.15, 0.2) is 0 Å². The SMILES string of the molecule is COc1cccc(CN(C)Cc2nc(-c3cc(F)cc(F)c3)oc2C)c1. The van der Waals surface area contributed by atoms with E-state index in [9.17, 15) is 8.78 Å². The molecule has 0 saturated heterocycles. The van der Waals surface area contributed by atoms with E-state index in [1.165, 1.54) is 12.1 Å². The van der Waals surface area contributed by atoms with Crippen LogP contribution in [0.15, 0.2) is 46.9 Å². The maximum Gasteiger partial charge on any atom is 0.226 e. The first-order valence-electron chi connectivity index (χ1n) is 8.19. The van der Waals surface area contributed by atoms with E-state index in [0.717, 1.165) is 23.1 Å². The summed E-state index contributed by atoms with van der Waals surface area (Å²) in [7, 11) is 3.60. The Kier molecular flexibility index (Phi) is 5.32. The van der Waals surface area contributed by atoms with E-state index in [0.29, 0.717) is 18.8 Å². The molecule has 0 fully saturated rings. The second kappa shape index (κ2) is 7.66. The Labute approximate surface area is 151 Å². The van der Waals surface area contributed by atoms with E-state index >= 15 is 0 Å². The number of ether oxygens (including phenoxy) is 1. The molecule has 0 amide bonds. The van der Waals surface area contributed by atoms with Gasteiger partial charge in [-0.25, -0.2) is 13.8 Å². The first kappa shape index (κ1) is 18.1. The van der Waals surface area contributed by atoms with Crippen LogP contribution in [0.4, 0.5) is 8.78 Å². The Balaban J connectivity index is 1.74. The van der Waals surface area contributed by atoms with Crippen LogP contribution in [0.5, 0.6) is 5.75 Å². The highest BCUT2D eigenvalue weighted by Crippen LogP contribution is 2.24. The summed E-state index contributed by atoms with van der Waals surface area (Å²) in [5.74, 6) is 0.330. The van der Waals surface area contributed by atoms with Crippen LogP contribution in [-0.4, -0.2) is 24.0 Å². The highest BCUT2D eigenvalue weighted by atomic mass is 19.1. The lowest BCUT2D eigenvalue weighted by Crippen LogP contribution is -2.18. The zero-order valence-electron chi connectivity index (χ0n) is 14.9. The van der Waals surface area contributed by atoms with Gasteiger partial charge >= 0.3 is 0 Å². The predicted octanol–water partition coefficient (Wildman–Crippen LogP) is 4.57. The smallest absolute Gasteiger partial charge is 0.226 e. The molecule has 0 aliphatic heterocycles. The Morgan fingerprint density at radius 1 is 1.08 bits per heavy atom. The fourth-order valence-electron chi connectivity index (χ4n) is 2.77. The number of hydrogen-bond donors (Lipinski definition) is 0. The van der Waals surface area contributed by atoms with E-state index in [4.69, 9.17) is 9.15 Å². The molecule has 0 radical (unpaired) electrons. The molecule has 6 heteroatoms. The maximum absolute atomic E-state index is 13.4. The molecule has 0 aliphatic rings. The zero-order chi connectivity index (χ0) is 18.7. The lowest BCUT2D eigenvalue weighted by Gasteiger charge is -2.16. The summed E-state index contributed by atoms with van der Waals surface area (Å²) < 4.78 is 37.7. The van der Waals surface area contributed by atoms with Crippen LogP contribution >= 0.6 is 0 Å². The van der Waals surface area contributed by atoms with E-state index in [2.05, 4.69) is 9.88 Å². The average Bonchev–Trinajstić information content (AvgIpc) is 2.95. The van der Waals surface area contributed by atoms with Crippen LogP contribution in [0.2, 0.25) is 0 Å². The van der Waals surface area contributed by atoms with Crippen molar-refractivity contribution in [3.8, 4) is 17.2 Å². The van der Waals surface area contributed by atoms with E-state index in [-0.39, 0.29) is 11.5 Å². The first-order chi connectivity index (χ1) is 12.4. The summed E-state index contributed by atoms with van der Waals surface area (Å²) in [6.45, 7) is 3.04. The number of benzene rings is 2. The summed E-state index contributed by atoms with van der Waals surface area (Å²) in [5.41, 5.74) is 2.13. The quantitative estimate of drug-likeness (QED) is 0.647. The minimum absolute atomic E-state index is 0.214. The summed E-state index contributed by atoms with van der Waals surface area (Å²) in [6.07, 6.45) is 0. The molecule has 136 valence electrons. The van der Waals surface area contributed by atoms with Gasteiger partial charge in [0.05, 0.1) is 12.8 Å². The number of methoxy groups -OCH3 is 1. The van der Waals surface area contributed by atoms with Gasteiger partial charge in [0.25, 0.3) is 0 Å². The normalized spacial score (nSPS) is 11.2. The molecule has 0 spiro atoms. The third kappa shape index (κ3) is 4.26. The summed E-state index contributed by atoms with van der Waals surface area (Å²) in [4.78, 5) is 6.49. The largest absolute Gasteiger partial charge is 0.497 e. The van der Waals surface area contributed by atoms with E-state index < -0.39 is 11.6 Å². The fraction of sp³-hybridized carbons (Fsp3) is 0.250. The van der Waals surface area contributed by atoms with Gasteiger partial charge in [-0.05, 0) is 43.8 Å². The number of oxazole rings is 1. The molecule has 0 bridgehead atoms. The third-order valence-electron chi connectivity index (χ3n) is 4.01. The lowest BCUT2D eigenvalue weighted by atomic mass is 10.2. The van der Waals surface area contributed by atoms with Gasteiger partial charge in [-0.15, -0.1) is 0 Å². The van der Waals surface area contributed by atoms with Crippen LogP contribution in [0.3, 0.4) is 0 Å². The van der Waals surface area contributed by atoms with Gasteiger partial charge in [-0.2, -0.15) is 0 Å². The average molecular weight is 358 g/mol. The topological polar surface area (TPSA) is 38.5 Å². The number of aromatic nitrogens is 1. The minimum Gasteiger partial charge on any atom is -0.497 e. The Bertz CT molecular complexity index is 888. The van der Waals surface area contributed by atoms with Crippen molar-refractivity contribution < 1.29 is 17.9 Å². The van der Waals surface area contributed by atoms with Crippen molar-refractivity contribution in [2.45, 2.75) is 20.0 Å². The van der Waals surface area contributed by atoms with Crippen molar-refractivity contribution in [3.63, 3.8) is 0 Å². The molecule has 0 atom stereocenters. The maximum atomic E-state index is 13.4. The minimum atomic E-state index is -0.660. The fourth-order valence-corrected chi connectivity index (χ4v) is 2.77. The molecule has 0 N–H and O–H groups in total. The predicted molar refractivity (Wildman–Crippen MR) is 94.8 cm³/mol. The number of aryl methyl sites for hydroxylation is 1. The summed E-state index contributed by atoms with van der Waals surface area (Å²) in [5, 5.41) is 0. The van der Waals surface area contributed by atoms with Gasteiger partial charge in [-0.3, -0.25) is 4.90 Å². The molecular weight excluding hydrogens is 338 g/mol. The van der Waals surface area contributed by atoms with Crippen molar-refractivity contribution in [3.05, 3.63) is 71.1 Å². The molecular formula is C20H20F2N2O2. The zero-order valence-corrected chi connectivity index (χ0v) is 14.9. The van der Waals surface area contributed by atoms with Gasteiger partial charge < -0.3 is 9.15 Å².